The fraction of sp³-hybridized carbons (Fsp3) is 0.439. The van der Waals surface area contributed by atoms with Gasteiger partial charge in [-0.05, 0) is 128 Å². The molecule has 27 heteroatoms. The molecule has 20 nitrogen and oxygen atoms in total. The molecular weight excluding hydrogens is 1280 g/mol. The van der Waals surface area contributed by atoms with Crippen molar-refractivity contribution in [1.29, 1.82) is 0 Å². The fourth-order valence-corrected chi connectivity index (χ4v) is 15.5. The number of allylic oxidation sites excluding steroid dienone is 1. The number of anilines is 3. The molecule has 2 atom stereocenters. The van der Waals surface area contributed by atoms with E-state index in [1.807, 2.05) is 47.2 Å². The first-order valence-corrected chi connectivity index (χ1v) is 35.5. The standard InChI is InChI=1S/C66H77ClF3N9O11S3/c1-65(2)25-23-53(45-11-15-48(67)16-12-45)47(42-65)43-77-32-34-78(35-33-77)50-17-13-46(14-18-50)61(81)74-93(87,88)52-19-20-55(58(41-52)92(85,86)66(68,69)70)72-49(44-91-51-7-4-3-5-8-51)24-27-75-28-30-76(31-29-75)36-38-90-40-39-89-37-26-71-56-10-6-9-54-60(56)64(84)79(63(54)83)57-21-22-59(80)73-62(57)82/h3-20,41,49,57,71-72H,21-40,42-44H2,1-2H3,(H,74,81)(H,73,80,82)/t49-,57?/m1/s1. The summed E-state index contributed by atoms with van der Waals surface area (Å²) >= 11 is 7.64. The molecule has 10 rings (SSSR count). The van der Waals surface area contributed by atoms with Crippen molar-refractivity contribution in [3.8, 4) is 0 Å². The maximum atomic E-state index is 14.5. The third-order valence-corrected chi connectivity index (χ3v) is 21.8. The minimum atomic E-state index is -6.14. The number of fused-ring (bicyclic) bond motifs is 1. The summed E-state index contributed by atoms with van der Waals surface area (Å²) in [4.78, 5) is 73.0. The Labute approximate surface area is 549 Å². The highest BCUT2D eigenvalue weighted by Gasteiger charge is 2.49. The van der Waals surface area contributed by atoms with Crippen LogP contribution >= 0.6 is 23.4 Å². The summed E-state index contributed by atoms with van der Waals surface area (Å²) in [7, 11) is -11.1. The molecule has 3 saturated heterocycles. The molecule has 1 aliphatic carbocycles. The molecule has 93 heavy (non-hydrogen) atoms. The van der Waals surface area contributed by atoms with Gasteiger partial charge in [0, 0.05) is 124 Å². The molecular formula is C66H77ClF3N9O11S3. The van der Waals surface area contributed by atoms with E-state index in [4.69, 9.17) is 21.1 Å². The Balaban J connectivity index is 0.687. The predicted octanol–water partition coefficient (Wildman–Crippen LogP) is 8.67. The number of carbonyl (C=O) groups is 5. The van der Waals surface area contributed by atoms with Crippen LogP contribution in [0.3, 0.4) is 0 Å². The second-order valence-corrected chi connectivity index (χ2v) is 29.7. The van der Waals surface area contributed by atoms with Gasteiger partial charge in [0.25, 0.3) is 37.6 Å². The summed E-state index contributed by atoms with van der Waals surface area (Å²) in [6.07, 6.45) is 3.56. The van der Waals surface area contributed by atoms with E-state index in [1.54, 1.807) is 24.3 Å². The molecule has 498 valence electrons. The number of hydrogen-bond acceptors (Lipinski definition) is 18. The number of thioether (sulfide) groups is 1. The summed E-state index contributed by atoms with van der Waals surface area (Å²) in [5, 5.41) is 9.08. The van der Waals surface area contributed by atoms with Crippen molar-refractivity contribution in [3.63, 3.8) is 0 Å². The van der Waals surface area contributed by atoms with Crippen molar-refractivity contribution in [3.05, 3.63) is 148 Å². The first-order valence-electron chi connectivity index (χ1n) is 31.1. The van der Waals surface area contributed by atoms with E-state index in [-0.39, 0.29) is 41.6 Å². The van der Waals surface area contributed by atoms with Crippen LogP contribution in [-0.2, 0) is 38.9 Å². The van der Waals surface area contributed by atoms with Gasteiger partial charge in [-0.25, -0.2) is 21.6 Å². The molecule has 5 amide bonds. The van der Waals surface area contributed by atoms with Crippen molar-refractivity contribution in [1.82, 2.24) is 29.6 Å². The first-order chi connectivity index (χ1) is 44.4. The average Bonchev–Trinajstić information content (AvgIpc) is 1.77. The van der Waals surface area contributed by atoms with E-state index in [0.29, 0.717) is 108 Å². The molecule has 0 radical (unpaired) electrons. The Morgan fingerprint density at radius 2 is 1.43 bits per heavy atom. The number of nitrogens with zero attached hydrogens (tertiary/aromatic N) is 5. The van der Waals surface area contributed by atoms with Crippen molar-refractivity contribution >= 4 is 95.4 Å². The average molecular weight is 1360 g/mol. The lowest BCUT2D eigenvalue weighted by molar-refractivity contribution is -0.136. The number of piperidine rings is 1. The van der Waals surface area contributed by atoms with Crippen molar-refractivity contribution in [2.24, 2.45) is 5.41 Å². The molecule has 4 N–H and O–H groups in total. The van der Waals surface area contributed by atoms with Gasteiger partial charge in [0.2, 0.25) is 11.8 Å². The SMILES string of the molecule is CC1(C)CCC(c2ccc(Cl)cc2)=C(CN2CCN(c3ccc(C(=O)NS(=O)(=O)c4ccc(N[C@H](CCN5CCN(CCOCCOCCNc6cccc7c6C(=O)N(C6CCC(=O)NC6=O)C7=O)CC5)CSc5ccccc5)c(S(=O)(=O)C(F)(F)F)c4)cc3)CC2)C1. The molecule has 1 unspecified atom stereocenters. The quantitative estimate of drug-likeness (QED) is 0.0219. The molecule has 0 spiro atoms. The van der Waals surface area contributed by atoms with Crippen molar-refractivity contribution < 1.29 is 63.5 Å². The largest absolute Gasteiger partial charge is 0.501 e. The summed E-state index contributed by atoms with van der Waals surface area (Å²) in [6.45, 7) is 14.1. The number of imide groups is 2. The number of sulfone groups is 1. The number of nitrogens with one attached hydrogen (secondary N) is 4. The minimum absolute atomic E-state index is 0.0220. The topological polar surface area (TPSA) is 236 Å². The van der Waals surface area contributed by atoms with Crippen LogP contribution in [0, 0.1) is 5.41 Å². The molecule has 5 aliphatic rings. The number of sulfonamides is 1. The Bertz CT molecular complexity index is 3800. The fourth-order valence-electron chi connectivity index (χ4n) is 12.3. The molecule has 4 heterocycles. The van der Waals surface area contributed by atoms with Crippen molar-refractivity contribution in [2.75, 3.05) is 126 Å². The van der Waals surface area contributed by atoms with Gasteiger partial charge >= 0.3 is 5.51 Å². The highest BCUT2D eigenvalue weighted by Crippen LogP contribution is 2.43. The number of carbonyl (C=O) groups excluding carboxylic acids is 5. The van der Waals surface area contributed by atoms with Gasteiger partial charge in [-0.1, -0.05) is 67.4 Å². The Morgan fingerprint density at radius 1 is 0.753 bits per heavy atom. The zero-order valence-corrected chi connectivity index (χ0v) is 55.1. The molecule has 0 aromatic heterocycles. The minimum Gasteiger partial charge on any atom is -0.382 e. The van der Waals surface area contributed by atoms with Gasteiger partial charge in [0.05, 0.1) is 48.1 Å². The van der Waals surface area contributed by atoms with Crippen LogP contribution in [-0.4, -0.2) is 194 Å². The van der Waals surface area contributed by atoms with Crippen LogP contribution in [0.2, 0.25) is 5.02 Å². The number of piperazine rings is 2. The van der Waals surface area contributed by atoms with Crippen LogP contribution in [0.15, 0.2) is 136 Å². The Morgan fingerprint density at radius 3 is 2.12 bits per heavy atom. The second-order valence-electron chi connectivity index (χ2n) is 24.5. The van der Waals surface area contributed by atoms with E-state index < -0.39 is 82.5 Å². The highest BCUT2D eigenvalue weighted by molar-refractivity contribution is 7.99. The van der Waals surface area contributed by atoms with Crippen LogP contribution in [0.1, 0.15) is 89.0 Å². The molecule has 5 aromatic rings. The number of halogens is 4. The third kappa shape index (κ3) is 17.3. The van der Waals surface area contributed by atoms with Crippen LogP contribution in [0.4, 0.5) is 30.2 Å². The van der Waals surface area contributed by atoms with E-state index in [0.717, 1.165) is 66.5 Å². The van der Waals surface area contributed by atoms with Crippen LogP contribution in [0.5, 0.6) is 0 Å². The summed E-state index contributed by atoms with van der Waals surface area (Å²) in [6, 6.07) is 29.3. The van der Waals surface area contributed by atoms with E-state index in [9.17, 15) is 54.0 Å². The van der Waals surface area contributed by atoms with Gasteiger partial charge < -0.3 is 29.9 Å². The number of hydrogen-bond donors (Lipinski definition) is 4. The van der Waals surface area contributed by atoms with Gasteiger partial charge in [-0.15, -0.1) is 11.8 Å². The zero-order valence-electron chi connectivity index (χ0n) is 51.9. The number of benzene rings is 5. The lowest BCUT2D eigenvalue weighted by atomic mass is 9.73. The van der Waals surface area contributed by atoms with Crippen molar-refractivity contribution in [2.45, 2.75) is 84.7 Å². The Hall–Kier alpha value is -6.88. The number of amides is 5. The lowest BCUT2D eigenvalue weighted by Crippen LogP contribution is -2.54. The zero-order chi connectivity index (χ0) is 66.1. The summed E-state index contributed by atoms with van der Waals surface area (Å²) in [5.41, 5.74) is -0.466. The predicted molar refractivity (Wildman–Crippen MR) is 351 cm³/mol. The first kappa shape index (κ1) is 69.0. The van der Waals surface area contributed by atoms with E-state index in [1.165, 1.54) is 46.7 Å². The summed E-state index contributed by atoms with van der Waals surface area (Å²) in [5.74, 6) is -3.07. The molecule has 3 fully saturated rings. The number of rotatable bonds is 27. The number of alkyl halides is 3. The summed E-state index contributed by atoms with van der Waals surface area (Å²) < 4.78 is 111. The smallest absolute Gasteiger partial charge is 0.382 e. The maximum Gasteiger partial charge on any atom is 0.501 e. The van der Waals surface area contributed by atoms with Gasteiger partial charge in [0.15, 0.2) is 0 Å². The Kier molecular flexibility index (Phi) is 22.4. The van der Waals surface area contributed by atoms with Gasteiger partial charge in [-0.3, -0.25) is 44.0 Å². The number of ether oxygens (including phenoxy) is 2. The second kappa shape index (κ2) is 30.2. The monoisotopic (exact) mass is 1360 g/mol. The van der Waals surface area contributed by atoms with E-state index in [2.05, 4.69) is 61.5 Å². The van der Waals surface area contributed by atoms with Crippen LogP contribution < -0.4 is 25.6 Å². The van der Waals surface area contributed by atoms with Gasteiger partial charge in [-0.2, -0.15) is 13.2 Å². The third-order valence-electron chi connectivity index (χ3n) is 17.5. The van der Waals surface area contributed by atoms with Gasteiger partial charge in [0.1, 0.15) is 10.9 Å². The van der Waals surface area contributed by atoms with Crippen LogP contribution in [0.25, 0.3) is 5.57 Å². The molecule has 0 saturated carbocycles. The molecule has 4 aliphatic heterocycles. The molecule has 5 aromatic carbocycles. The maximum absolute atomic E-state index is 14.5. The lowest BCUT2D eigenvalue weighted by Gasteiger charge is -2.39. The van der Waals surface area contributed by atoms with E-state index >= 15 is 0 Å². The molecule has 0 bridgehead atoms. The normalized spacial score (nSPS) is 19.0. The highest BCUT2D eigenvalue weighted by atomic mass is 35.5.